The van der Waals surface area contributed by atoms with Crippen LogP contribution in [0.4, 0.5) is 0 Å². The molecule has 0 aromatic heterocycles. The molecule has 3 heteroatoms. The van der Waals surface area contributed by atoms with E-state index in [1.807, 2.05) is 50.5 Å². The Morgan fingerprint density at radius 2 is 1.27 bits per heavy atom. The molecule has 2 N–H and O–H groups in total. The number of carbonyl (C=O) groups excluding carboxylic acids is 1. The Bertz CT molecular complexity index is 651. The summed E-state index contributed by atoms with van der Waals surface area (Å²) in [6, 6.07) is 20.2. The van der Waals surface area contributed by atoms with Gasteiger partial charge < -0.3 is 10.6 Å². The molecular weight excluding hydrogens is 320 g/mol. The van der Waals surface area contributed by atoms with E-state index >= 15 is 0 Å². The molecule has 2 aromatic rings. The van der Waals surface area contributed by atoms with Crippen LogP contribution in [0.1, 0.15) is 50.7 Å². The Morgan fingerprint density at radius 1 is 0.846 bits per heavy atom. The highest BCUT2D eigenvalue weighted by Gasteiger charge is 2.43. The fraction of sp³-hybridized carbons (Fsp3) is 0.435. The maximum atomic E-state index is 13.5. The van der Waals surface area contributed by atoms with Gasteiger partial charge in [-0.2, -0.15) is 0 Å². The summed E-state index contributed by atoms with van der Waals surface area (Å²) in [7, 11) is 3.66. The predicted molar refractivity (Wildman–Crippen MR) is 109 cm³/mol. The molecule has 0 aliphatic carbocycles. The molecule has 2 rings (SSSR count). The van der Waals surface area contributed by atoms with Crippen LogP contribution in [0.25, 0.3) is 0 Å². The van der Waals surface area contributed by atoms with Gasteiger partial charge in [0.15, 0.2) is 0 Å². The lowest BCUT2D eigenvalue weighted by Gasteiger charge is -2.39. The van der Waals surface area contributed by atoms with E-state index in [0.29, 0.717) is 6.42 Å². The van der Waals surface area contributed by atoms with Gasteiger partial charge in [-0.15, -0.1) is 0 Å². The molecule has 0 saturated carbocycles. The Hall–Kier alpha value is -2.13. The lowest BCUT2D eigenvalue weighted by atomic mass is 9.68. The molecule has 0 bridgehead atoms. The zero-order valence-corrected chi connectivity index (χ0v) is 16.5. The molecule has 0 saturated heterocycles. The summed E-state index contributed by atoms with van der Waals surface area (Å²) in [4.78, 5) is 15.2. The highest BCUT2D eigenvalue weighted by Crippen LogP contribution is 2.40. The molecule has 0 fully saturated rings. The van der Waals surface area contributed by atoms with Crippen molar-refractivity contribution < 1.29 is 4.79 Å². The maximum Gasteiger partial charge on any atom is 0.237 e. The molecule has 1 amide bonds. The molecule has 140 valence electrons. The average Bonchev–Trinajstić information content (AvgIpc) is 2.69. The summed E-state index contributed by atoms with van der Waals surface area (Å²) in [6.45, 7) is 4.26. The fourth-order valence-corrected chi connectivity index (χ4v) is 3.68. The summed E-state index contributed by atoms with van der Waals surface area (Å²) in [5, 5.41) is 0. The molecular formula is C23H32N2O. The fourth-order valence-electron chi connectivity index (χ4n) is 3.68. The largest absolute Gasteiger partial charge is 0.348 e. The molecule has 26 heavy (non-hydrogen) atoms. The Morgan fingerprint density at radius 3 is 1.62 bits per heavy atom. The maximum absolute atomic E-state index is 13.5. The van der Waals surface area contributed by atoms with Crippen molar-refractivity contribution in [1.29, 1.82) is 0 Å². The lowest BCUT2D eigenvalue weighted by molar-refractivity contribution is -0.133. The van der Waals surface area contributed by atoms with E-state index in [1.54, 1.807) is 4.90 Å². The molecule has 0 unspecified atom stereocenters. The van der Waals surface area contributed by atoms with Crippen molar-refractivity contribution in [2.75, 3.05) is 14.1 Å². The zero-order chi connectivity index (χ0) is 19.2. The predicted octanol–water partition coefficient (Wildman–Crippen LogP) is 4.36. The number of rotatable bonds is 8. The van der Waals surface area contributed by atoms with Crippen LogP contribution >= 0.6 is 0 Å². The first-order chi connectivity index (χ1) is 12.4. The summed E-state index contributed by atoms with van der Waals surface area (Å²) >= 11 is 0. The van der Waals surface area contributed by atoms with Crippen LogP contribution in [0.2, 0.25) is 0 Å². The normalized spacial score (nSPS) is 12.0. The summed E-state index contributed by atoms with van der Waals surface area (Å²) in [6.07, 6.45) is 3.29. The van der Waals surface area contributed by atoms with Crippen LogP contribution in [0.3, 0.4) is 0 Å². The van der Waals surface area contributed by atoms with Crippen LogP contribution in [0.15, 0.2) is 60.7 Å². The van der Waals surface area contributed by atoms with Crippen LogP contribution in [-0.4, -0.2) is 30.4 Å². The highest BCUT2D eigenvalue weighted by atomic mass is 16.2. The van der Waals surface area contributed by atoms with Gasteiger partial charge in [-0.25, -0.2) is 0 Å². The topological polar surface area (TPSA) is 46.3 Å². The molecule has 0 radical (unpaired) electrons. The first kappa shape index (κ1) is 20.2. The van der Waals surface area contributed by atoms with Crippen molar-refractivity contribution in [3.63, 3.8) is 0 Å². The molecule has 0 atom stereocenters. The molecule has 2 aromatic carbocycles. The van der Waals surface area contributed by atoms with Crippen molar-refractivity contribution >= 4 is 5.91 Å². The Balaban J connectivity index is 2.63. The molecule has 0 spiro atoms. The number of carbonyl (C=O) groups is 1. The van der Waals surface area contributed by atoms with Crippen molar-refractivity contribution in [2.24, 2.45) is 5.73 Å². The lowest BCUT2D eigenvalue weighted by Crippen LogP contribution is -2.47. The number of hydrogen-bond donors (Lipinski definition) is 1. The molecule has 0 aliphatic heterocycles. The van der Waals surface area contributed by atoms with E-state index in [0.717, 1.165) is 30.4 Å². The first-order valence-electron chi connectivity index (χ1n) is 9.51. The molecule has 0 heterocycles. The summed E-state index contributed by atoms with van der Waals surface area (Å²) < 4.78 is 0. The van der Waals surface area contributed by atoms with Crippen molar-refractivity contribution in [3.8, 4) is 0 Å². The minimum atomic E-state index is -0.721. The van der Waals surface area contributed by atoms with Gasteiger partial charge in [-0.1, -0.05) is 74.5 Å². The standard InChI is InChI=1S/C23H32N2O/c1-5-22(24,6-2)17-18-23(21(26)25(3)4,19-13-9-7-10-14-19)20-15-11-8-12-16-20/h7-16H,5-6,17-18,24H2,1-4H3. The van der Waals surface area contributed by atoms with Gasteiger partial charge in [-0.3, -0.25) is 4.79 Å². The van der Waals surface area contributed by atoms with Gasteiger partial charge in [0.05, 0.1) is 5.41 Å². The minimum absolute atomic E-state index is 0.101. The van der Waals surface area contributed by atoms with E-state index in [4.69, 9.17) is 5.73 Å². The minimum Gasteiger partial charge on any atom is -0.348 e. The monoisotopic (exact) mass is 352 g/mol. The van der Waals surface area contributed by atoms with Gasteiger partial charge in [0.1, 0.15) is 0 Å². The third-order valence-corrected chi connectivity index (χ3v) is 5.71. The highest BCUT2D eigenvalue weighted by molar-refractivity contribution is 5.91. The summed E-state index contributed by atoms with van der Waals surface area (Å²) in [5.74, 6) is 0.101. The summed E-state index contributed by atoms with van der Waals surface area (Å²) in [5.41, 5.74) is 7.70. The Labute approximate surface area is 158 Å². The second kappa shape index (κ2) is 8.50. The second-order valence-electron chi connectivity index (χ2n) is 7.41. The number of hydrogen-bond acceptors (Lipinski definition) is 2. The number of nitrogens with zero attached hydrogens (tertiary/aromatic N) is 1. The molecule has 0 aliphatic rings. The second-order valence-corrected chi connectivity index (χ2v) is 7.41. The number of likely N-dealkylation sites (N-methyl/N-ethyl adjacent to an activating group) is 1. The van der Waals surface area contributed by atoms with Gasteiger partial charge in [0, 0.05) is 19.6 Å². The quantitative estimate of drug-likeness (QED) is 0.767. The van der Waals surface area contributed by atoms with Gasteiger partial charge in [0.2, 0.25) is 5.91 Å². The van der Waals surface area contributed by atoms with Gasteiger partial charge in [0.25, 0.3) is 0 Å². The van der Waals surface area contributed by atoms with E-state index in [1.165, 1.54) is 0 Å². The SMILES string of the molecule is CCC(N)(CC)CCC(C(=O)N(C)C)(c1ccccc1)c1ccccc1. The van der Waals surface area contributed by atoms with Crippen LogP contribution < -0.4 is 5.73 Å². The van der Waals surface area contributed by atoms with Crippen molar-refractivity contribution in [1.82, 2.24) is 4.90 Å². The van der Waals surface area contributed by atoms with Gasteiger partial charge in [-0.05, 0) is 36.8 Å². The molecule has 3 nitrogen and oxygen atoms in total. The number of nitrogens with two attached hydrogens (primary N) is 1. The Kier molecular flexibility index (Phi) is 6.60. The third kappa shape index (κ3) is 3.99. The van der Waals surface area contributed by atoms with Crippen LogP contribution in [0.5, 0.6) is 0 Å². The van der Waals surface area contributed by atoms with Crippen LogP contribution in [-0.2, 0) is 10.2 Å². The van der Waals surface area contributed by atoms with E-state index < -0.39 is 5.41 Å². The third-order valence-electron chi connectivity index (χ3n) is 5.71. The zero-order valence-electron chi connectivity index (χ0n) is 16.5. The number of benzene rings is 2. The van der Waals surface area contributed by atoms with E-state index in [2.05, 4.69) is 38.1 Å². The van der Waals surface area contributed by atoms with Gasteiger partial charge >= 0.3 is 0 Å². The average molecular weight is 353 g/mol. The van der Waals surface area contributed by atoms with Crippen LogP contribution in [0, 0.1) is 0 Å². The first-order valence-corrected chi connectivity index (χ1v) is 9.51. The smallest absolute Gasteiger partial charge is 0.237 e. The van der Waals surface area contributed by atoms with E-state index in [-0.39, 0.29) is 11.4 Å². The van der Waals surface area contributed by atoms with E-state index in [9.17, 15) is 4.79 Å². The van der Waals surface area contributed by atoms with Crippen molar-refractivity contribution in [2.45, 2.75) is 50.5 Å². The van der Waals surface area contributed by atoms with Crippen molar-refractivity contribution in [3.05, 3.63) is 71.8 Å². The number of amides is 1.